The number of carbonyl (C=O) groups excluding carboxylic acids is 4. The average Bonchev–Trinajstić information content (AvgIpc) is 3.33. The number of fused-ring (bicyclic) bond motifs is 5. The summed E-state index contributed by atoms with van der Waals surface area (Å²) in [6, 6.07) is 7.48. The Kier molecular flexibility index (Phi) is 3.98. The molecule has 2 aliphatic carbocycles. The number of carbonyl (C=O) groups is 4. The lowest BCUT2D eigenvalue weighted by Crippen LogP contribution is -2.45. The zero-order valence-electron chi connectivity index (χ0n) is 14.3. The van der Waals surface area contributed by atoms with Crippen molar-refractivity contribution in [2.75, 3.05) is 6.61 Å². The highest BCUT2D eigenvalue weighted by Crippen LogP contribution is 2.52. The van der Waals surface area contributed by atoms with Crippen molar-refractivity contribution in [3.63, 3.8) is 0 Å². The number of hydrogen-bond acceptors (Lipinski definition) is 5. The van der Waals surface area contributed by atoms with E-state index in [-0.39, 0.29) is 41.3 Å². The Hall–Kier alpha value is -2.76. The Morgan fingerprint density at radius 3 is 2.23 bits per heavy atom. The molecule has 26 heavy (non-hydrogen) atoms. The Labute approximate surface area is 150 Å². The number of likely N-dealkylation sites (tertiary alicyclic amines) is 1. The number of ether oxygens (including phenoxy) is 1. The predicted octanol–water partition coefficient (Wildman–Crippen LogP) is 1.61. The predicted molar refractivity (Wildman–Crippen MR) is 90.8 cm³/mol. The first-order chi connectivity index (χ1) is 12.5. The third-order valence-corrected chi connectivity index (χ3v) is 5.67. The minimum Gasteiger partial charge on any atom is -0.456 e. The highest BCUT2D eigenvalue weighted by Gasteiger charge is 2.60. The highest BCUT2D eigenvalue weighted by atomic mass is 16.5. The van der Waals surface area contributed by atoms with E-state index >= 15 is 0 Å². The summed E-state index contributed by atoms with van der Waals surface area (Å²) < 4.78 is 5.07. The number of imide groups is 1. The summed E-state index contributed by atoms with van der Waals surface area (Å²) in [6.45, 7) is 1.06. The van der Waals surface area contributed by atoms with Crippen LogP contribution in [-0.4, -0.2) is 41.1 Å². The van der Waals surface area contributed by atoms with Gasteiger partial charge in [-0.15, -0.1) is 0 Å². The van der Waals surface area contributed by atoms with E-state index in [0.29, 0.717) is 5.56 Å². The van der Waals surface area contributed by atoms with Gasteiger partial charge in [0.15, 0.2) is 12.4 Å². The lowest BCUT2D eigenvalue weighted by atomic mass is 9.85. The number of Topliss-reactive ketones (excluding diaryl/α,β-unsaturated/α-hetero) is 1. The SMILES string of the molecule is C[C@H](C(=O)OCC(=O)c1ccccc1)N1C(=O)[C@H]2[C@H](C1=O)[C@H]1C=C[C@H]2C1. The topological polar surface area (TPSA) is 80.8 Å². The van der Waals surface area contributed by atoms with Crippen LogP contribution in [-0.2, 0) is 19.1 Å². The van der Waals surface area contributed by atoms with E-state index in [9.17, 15) is 19.2 Å². The van der Waals surface area contributed by atoms with E-state index in [1.54, 1.807) is 30.3 Å². The number of rotatable bonds is 5. The van der Waals surface area contributed by atoms with Crippen LogP contribution in [0, 0.1) is 23.7 Å². The molecule has 6 nitrogen and oxygen atoms in total. The van der Waals surface area contributed by atoms with Gasteiger partial charge >= 0.3 is 5.97 Å². The molecule has 0 spiro atoms. The van der Waals surface area contributed by atoms with Gasteiger partial charge in [-0.25, -0.2) is 4.79 Å². The quantitative estimate of drug-likeness (QED) is 0.348. The maximum atomic E-state index is 12.7. The first kappa shape index (κ1) is 16.7. The van der Waals surface area contributed by atoms with Gasteiger partial charge in [0.25, 0.3) is 0 Å². The van der Waals surface area contributed by atoms with Crippen LogP contribution in [0.5, 0.6) is 0 Å². The van der Waals surface area contributed by atoms with Crippen LogP contribution >= 0.6 is 0 Å². The molecular formula is C20H19NO5. The first-order valence-electron chi connectivity index (χ1n) is 8.79. The molecular weight excluding hydrogens is 334 g/mol. The van der Waals surface area contributed by atoms with Crippen LogP contribution in [0.4, 0.5) is 0 Å². The smallest absolute Gasteiger partial charge is 0.329 e. The molecule has 6 heteroatoms. The van der Waals surface area contributed by atoms with Gasteiger partial charge in [-0.05, 0) is 25.2 Å². The van der Waals surface area contributed by atoms with Crippen molar-refractivity contribution in [3.8, 4) is 0 Å². The van der Waals surface area contributed by atoms with Gasteiger partial charge < -0.3 is 4.74 Å². The third-order valence-electron chi connectivity index (χ3n) is 5.67. The molecule has 1 saturated heterocycles. The van der Waals surface area contributed by atoms with Crippen LogP contribution in [0.2, 0.25) is 0 Å². The number of amides is 2. The molecule has 1 heterocycles. The molecule has 0 unspecified atom stereocenters. The molecule has 134 valence electrons. The zero-order valence-corrected chi connectivity index (χ0v) is 14.3. The fourth-order valence-electron chi connectivity index (χ4n) is 4.38. The van der Waals surface area contributed by atoms with E-state index in [4.69, 9.17) is 4.74 Å². The molecule has 3 aliphatic rings. The summed E-state index contributed by atoms with van der Waals surface area (Å²) in [5, 5.41) is 0. The Morgan fingerprint density at radius 1 is 1.08 bits per heavy atom. The van der Waals surface area contributed by atoms with E-state index in [0.717, 1.165) is 11.3 Å². The Balaban J connectivity index is 1.41. The fourth-order valence-corrected chi connectivity index (χ4v) is 4.38. The van der Waals surface area contributed by atoms with Crippen molar-refractivity contribution < 1.29 is 23.9 Å². The monoisotopic (exact) mass is 353 g/mol. The van der Waals surface area contributed by atoms with Crippen molar-refractivity contribution in [2.45, 2.75) is 19.4 Å². The minimum absolute atomic E-state index is 0.0920. The summed E-state index contributed by atoms with van der Waals surface area (Å²) in [6.07, 6.45) is 4.84. The molecule has 1 saturated carbocycles. The van der Waals surface area contributed by atoms with Gasteiger partial charge in [-0.3, -0.25) is 19.3 Å². The molecule has 2 fully saturated rings. The van der Waals surface area contributed by atoms with E-state index in [2.05, 4.69) is 0 Å². The minimum atomic E-state index is -1.02. The lowest BCUT2D eigenvalue weighted by molar-refractivity contribution is -0.157. The van der Waals surface area contributed by atoms with Crippen LogP contribution < -0.4 is 0 Å². The number of esters is 1. The van der Waals surface area contributed by atoms with Crippen LogP contribution in [0.1, 0.15) is 23.7 Å². The van der Waals surface area contributed by atoms with Crippen molar-refractivity contribution >= 4 is 23.6 Å². The lowest BCUT2D eigenvalue weighted by Gasteiger charge is -2.23. The Bertz CT molecular complexity index is 785. The van der Waals surface area contributed by atoms with Gasteiger partial charge in [0.2, 0.25) is 11.8 Å². The number of benzene rings is 1. The molecule has 5 atom stereocenters. The van der Waals surface area contributed by atoms with Gasteiger partial charge in [-0.1, -0.05) is 42.5 Å². The molecule has 1 aromatic carbocycles. The fraction of sp³-hybridized carbons (Fsp3) is 0.400. The molecule has 4 rings (SSSR count). The molecule has 1 aliphatic heterocycles. The molecule has 2 amide bonds. The molecule has 0 aromatic heterocycles. The van der Waals surface area contributed by atoms with Gasteiger partial charge in [-0.2, -0.15) is 0 Å². The normalized spacial score (nSPS) is 29.8. The molecule has 0 N–H and O–H groups in total. The van der Waals surface area contributed by atoms with E-state index in [1.165, 1.54) is 6.92 Å². The molecule has 0 radical (unpaired) electrons. The summed E-state index contributed by atoms with van der Waals surface area (Å²) >= 11 is 0. The number of hydrogen-bond donors (Lipinski definition) is 0. The van der Waals surface area contributed by atoms with E-state index in [1.807, 2.05) is 12.2 Å². The maximum Gasteiger partial charge on any atom is 0.329 e. The number of allylic oxidation sites excluding steroid dienone is 2. The third kappa shape index (κ3) is 2.48. The van der Waals surface area contributed by atoms with Crippen molar-refractivity contribution in [3.05, 3.63) is 48.0 Å². The highest BCUT2D eigenvalue weighted by molar-refractivity contribution is 6.09. The zero-order chi connectivity index (χ0) is 18.4. The van der Waals surface area contributed by atoms with Crippen molar-refractivity contribution in [1.82, 2.24) is 4.90 Å². The largest absolute Gasteiger partial charge is 0.456 e. The second kappa shape index (κ2) is 6.20. The second-order valence-electron chi connectivity index (χ2n) is 7.12. The van der Waals surface area contributed by atoms with Crippen LogP contribution in [0.25, 0.3) is 0 Å². The average molecular weight is 353 g/mol. The maximum absolute atomic E-state index is 12.7. The summed E-state index contributed by atoms with van der Waals surface area (Å²) in [5.74, 6) is -2.17. The summed E-state index contributed by atoms with van der Waals surface area (Å²) in [4.78, 5) is 50.8. The number of ketones is 1. The summed E-state index contributed by atoms with van der Waals surface area (Å²) in [7, 11) is 0. The molecule has 1 aromatic rings. The summed E-state index contributed by atoms with van der Waals surface area (Å²) in [5.41, 5.74) is 0.443. The molecule has 2 bridgehead atoms. The first-order valence-corrected chi connectivity index (χ1v) is 8.79. The van der Waals surface area contributed by atoms with Gasteiger partial charge in [0.1, 0.15) is 6.04 Å². The second-order valence-corrected chi connectivity index (χ2v) is 7.12. The van der Waals surface area contributed by atoms with Gasteiger partial charge in [0, 0.05) is 5.56 Å². The van der Waals surface area contributed by atoms with Gasteiger partial charge in [0.05, 0.1) is 11.8 Å². The van der Waals surface area contributed by atoms with Crippen molar-refractivity contribution in [1.29, 1.82) is 0 Å². The number of nitrogens with zero attached hydrogens (tertiary/aromatic N) is 1. The Morgan fingerprint density at radius 2 is 1.65 bits per heavy atom. The standard InChI is InChI=1S/C20H19NO5/c1-11(20(25)26-10-15(22)12-5-3-2-4-6-12)21-18(23)16-13-7-8-14(9-13)17(16)19(21)24/h2-8,11,13-14,16-17H,9-10H2,1H3/t11-,13+,14+,16-,17-/m1/s1. The van der Waals surface area contributed by atoms with Crippen LogP contribution in [0.3, 0.4) is 0 Å². The van der Waals surface area contributed by atoms with Crippen molar-refractivity contribution in [2.24, 2.45) is 23.7 Å². The van der Waals surface area contributed by atoms with E-state index < -0.39 is 18.6 Å². The van der Waals surface area contributed by atoms with Crippen LogP contribution in [0.15, 0.2) is 42.5 Å².